The number of nitrogens with zero attached hydrogens (tertiary/aromatic N) is 1. The summed E-state index contributed by atoms with van der Waals surface area (Å²) in [5.74, 6) is 0.189. The van der Waals surface area contributed by atoms with Gasteiger partial charge in [-0.15, -0.1) is 0 Å². The van der Waals surface area contributed by atoms with Crippen LogP contribution in [0.4, 0.5) is 0 Å². The van der Waals surface area contributed by atoms with Crippen molar-refractivity contribution in [3.05, 3.63) is 36.1 Å². The number of rotatable bonds is 2. The number of hydrogen-bond acceptors (Lipinski definition) is 1. The zero-order chi connectivity index (χ0) is 9.84. The maximum atomic E-state index is 11.3. The zero-order valence-electron chi connectivity index (χ0n) is 8.21. The highest BCUT2D eigenvalue weighted by molar-refractivity contribution is 5.80. The second kappa shape index (κ2) is 4.08. The molecule has 1 rings (SSSR count). The van der Waals surface area contributed by atoms with Crippen molar-refractivity contribution in [2.24, 2.45) is 0 Å². The standard InChI is InChI=1S/C11H15NO/c1-4-5-6-10-9(2)7-8-11(13)12(10)3/h4-6H,1,7-8H2,2-3H3/b6-5-. The van der Waals surface area contributed by atoms with Gasteiger partial charge in [-0.1, -0.05) is 18.7 Å². The molecule has 1 aliphatic rings. The van der Waals surface area contributed by atoms with Crippen LogP contribution in [0.1, 0.15) is 19.8 Å². The van der Waals surface area contributed by atoms with Crippen LogP contribution >= 0.6 is 0 Å². The van der Waals surface area contributed by atoms with Gasteiger partial charge >= 0.3 is 0 Å². The van der Waals surface area contributed by atoms with Crippen molar-refractivity contribution in [3.63, 3.8) is 0 Å². The molecular formula is C11H15NO. The minimum absolute atomic E-state index is 0.189. The quantitative estimate of drug-likeness (QED) is 0.592. The van der Waals surface area contributed by atoms with E-state index in [1.54, 1.807) is 11.0 Å². The summed E-state index contributed by atoms with van der Waals surface area (Å²) in [5.41, 5.74) is 2.27. The van der Waals surface area contributed by atoms with Crippen LogP contribution in [0.25, 0.3) is 0 Å². The molecule has 0 spiro atoms. The first kappa shape index (κ1) is 9.78. The number of amides is 1. The second-order valence-corrected chi connectivity index (χ2v) is 3.21. The lowest BCUT2D eigenvalue weighted by atomic mass is 10.0. The van der Waals surface area contributed by atoms with E-state index in [4.69, 9.17) is 0 Å². The predicted molar refractivity (Wildman–Crippen MR) is 54.0 cm³/mol. The average molecular weight is 177 g/mol. The molecule has 0 atom stereocenters. The molecule has 70 valence electrons. The molecule has 0 saturated heterocycles. The Balaban J connectivity index is 2.94. The summed E-state index contributed by atoms with van der Waals surface area (Å²) in [6.07, 6.45) is 7.01. The third-order valence-corrected chi connectivity index (χ3v) is 2.28. The summed E-state index contributed by atoms with van der Waals surface area (Å²) in [5, 5.41) is 0. The first-order valence-corrected chi connectivity index (χ1v) is 4.42. The minimum atomic E-state index is 0.189. The Morgan fingerprint density at radius 1 is 1.46 bits per heavy atom. The summed E-state index contributed by atoms with van der Waals surface area (Å²) in [4.78, 5) is 13.1. The van der Waals surface area contributed by atoms with E-state index in [0.29, 0.717) is 6.42 Å². The molecule has 0 N–H and O–H groups in total. The Labute approximate surface area is 79.2 Å². The molecule has 0 aliphatic carbocycles. The number of hydrogen-bond donors (Lipinski definition) is 0. The lowest BCUT2D eigenvalue weighted by molar-refractivity contribution is -0.128. The fourth-order valence-corrected chi connectivity index (χ4v) is 1.42. The summed E-state index contributed by atoms with van der Waals surface area (Å²) < 4.78 is 0. The van der Waals surface area contributed by atoms with E-state index < -0.39 is 0 Å². The number of carbonyl (C=O) groups is 1. The molecule has 0 aromatic heterocycles. The Morgan fingerprint density at radius 3 is 2.77 bits per heavy atom. The fraction of sp³-hybridized carbons (Fsp3) is 0.364. The molecule has 13 heavy (non-hydrogen) atoms. The molecule has 2 heteroatoms. The fourth-order valence-electron chi connectivity index (χ4n) is 1.42. The van der Waals surface area contributed by atoms with Gasteiger partial charge in [0.05, 0.1) is 0 Å². The van der Waals surface area contributed by atoms with Crippen molar-refractivity contribution in [1.82, 2.24) is 4.90 Å². The highest BCUT2D eigenvalue weighted by atomic mass is 16.2. The Morgan fingerprint density at radius 2 is 2.15 bits per heavy atom. The highest BCUT2D eigenvalue weighted by Gasteiger charge is 2.18. The maximum Gasteiger partial charge on any atom is 0.227 e. The summed E-state index contributed by atoms with van der Waals surface area (Å²) in [6.45, 7) is 5.66. The molecular weight excluding hydrogens is 162 g/mol. The van der Waals surface area contributed by atoms with Crippen LogP contribution in [-0.4, -0.2) is 17.9 Å². The van der Waals surface area contributed by atoms with E-state index in [2.05, 4.69) is 13.5 Å². The van der Waals surface area contributed by atoms with Crippen LogP contribution in [-0.2, 0) is 4.79 Å². The van der Waals surface area contributed by atoms with E-state index in [1.807, 2.05) is 19.2 Å². The Hall–Kier alpha value is -1.31. The molecule has 0 aromatic carbocycles. The van der Waals surface area contributed by atoms with Crippen molar-refractivity contribution in [3.8, 4) is 0 Å². The lowest BCUT2D eigenvalue weighted by Gasteiger charge is -2.25. The van der Waals surface area contributed by atoms with Crippen LogP contribution in [0.3, 0.4) is 0 Å². The van der Waals surface area contributed by atoms with Gasteiger partial charge in [-0.05, 0) is 25.0 Å². The molecule has 0 radical (unpaired) electrons. The topological polar surface area (TPSA) is 20.3 Å². The second-order valence-electron chi connectivity index (χ2n) is 3.21. The van der Waals surface area contributed by atoms with Gasteiger partial charge in [-0.25, -0.2) is 0 Å². The largest absolute Gasteiger partial charge is 0.316 e. The maximum absolute atomic E-state index is 11.3. The van der Waals surface area contributed by atoms with E-state index in [1.165, 1.54) is 5.57 Å². The van der Waals surface area contributed by atoms with Gasteiger partial charge in [0, 0.05) is 19.2 Å². The van der Waals surface area contributed by atoms with Crippen molar-refractivity contribution in [2.45, 2.75) is 19.8 Å². The minimum Gasteiger partial charge on any atom is -0.316 e. The van der Waals surface area contributed by atoms with Gasteiger partial charge in [-0.2, -0.15) is 0 Å². The summed E-state index contributed by atoms with van der Waals surface area (Å²) in [7, 11) is 1.81. The predicted octanol–water partition coefficient (Wildman–Crippen LogP) is 2.25. The normalized spacial score (nSPS) is 18.6. The first-order chi connectivity index (χ1) is 6.16. The van der Waals surface area contributed by atoms with Gasteiger partial charge in [0.25, 0.3) is 0 Å². The van der Waals surface area contributed by atoms with Crippen molar-refractivity contribution < 1.29 is 4.79 Å². The average Bonchev–Trinajstić information content (AvgIpc) is 2.12. The molecule has 1 heterocycles. The third kappa shape index (κ3) is 2.08. The number of likely N-dealkylation sites (N-methyl/N-ethyl adjacent to an activating group) is 1. The van der Waals surface area contributed by atoms with Crippen LogP contribution < -0.4 is 0 Å². The van der Waals surface area contributed by atoms with Crippen LogP contribution in [0.15, 0.2) is 36.1 Å². The van der Waals surface area contributed by atoms with Gasteiger partial charge < -0.3 is 4.90 Å². The van der Waals surface area contributed by atoms with Gasteiger partial charge in [-0.3, -0.25) is 4.79 Å². The molecule has 0 saturated carbocycles. The summed E-state index contributed by atoms with van der Waals surface area (Å²) in [6, 6.07) is 0. The number of allylic oxidation sites excluding steroid dienone is 4. The lowest BCUT2D eigenvalue weighted by Crippen LogP contribution is -2.29. The zero-order valence-corrected chi connectivity index (χ0v) is 8.21. The molecule has 2 nitrogen and oxygen atoms in total. The van der Waals surface area contributed by atoms with Gasteiger partial charge in [0.1, 0.15) is 0 Å². The van der Waals surface area contributed by atoms with E-state index in [0.717, 1.165) is 12.1 Å². The van der Waals surface area contributed by atoms with Crippen LogP contribution in [0, 0.1) is 0 Å². The molecule has 0 aromatic rings. The van der Waals surface area contributed by atoms with Crippen LogP contribution in [0.5, 0.6) is 0 Å². The Kier molecular flexibility index (Phi) is 3.07. The first-order valence-electron chi connectivity index (χ1n) is 4.42. The molecule has 0 unspecified atom stereocenters. The van der Waals surface area contributed by atoms with E-state index in [9.17, 15) is 4.79 Å². The molecule has 1 amide bonds. The van der Waals surface area contributed by atoms with E-state index in [-0.39, 0.29) is 5.91 Å². The van der Waals surface area contributed by atoms with Crippen molar-refractivity contribution >= 4 is 5.91 Å². The molecule has 0 fully saturated rings. The third-order valence-electron chi connectivity index (χ3n) is 2.28. The Bertz CT molecular complexity index is 286. The van der Waals surface area contributed by atoms with Gasteiger partial charge in [0.15, 0.2) is 0 Å². The van der Waals surface area contributed by atoms with Crippen molar-refractivity contribution in [1.29, 1.82) is 0 Å². The van der Waals surface area contributed by atoms with E-state index >= 15 is 0 Å². The van der Waals surface area contributed by atoms with Crippen LogP contribution in [0.2, 0.25) is 0 Å². The van der Waals surface area contributed by atoms with Gasteiger partial charge in [0.2, 0.25) is 5.91 Å². The SMILES string of the molecule is C=C/C=C\C1=C(C)CCC(=O)N1C. The number of carbonyl (C=O) groups excluding carboxylic acids is 1. The monoisotopic (exact) mass is 177 g/mol. The van der Waals surface area contributed by atoms with Crippen molar-refractivity contribution in [2.75, 3.05) is 7.05 Å². The summed E-state index contributed by atoms with van der Waals surface area (Å²) >= 11 is 0. The molecule has 0 bridgehead atoms. The highest BCUT2D eigenvalue weighted by Crippen LogP contribution is 2.22. The smallest absolute Gasteiger partial charge is 0.227 e. The molecule has 1 aliphatic heterocycles.